The van der Waals surface area contributed by atoms with E-state index in [2.05, 4.69) is 13.8 Å². The lowest BCUT2D eigenvalue weighted by molar-refractivity contribution is 0.134. The van der Waals surface area contributed by atoms with E-state index in [1.165, 1.54) is 0 Å². The molecule has 2 rings (SSSR count). The fourth-order valence-electron chi connectivity index (χ4n) is 2.65. The molecule has 0 bridgehead atoms. The molecule has 0 heterocycles. The van der Waals surface area contributed by atoms with E-state index in [1.807, 2.05) is 36.4 Å². The van der Waals surface area contributed by atoms with E-state index in [-0.39, 0.29) is 6.04 Å². The number of hydrogen-bond donors (Lipinski definition) is 2. The van der Waals surface area contributed by atoms with Crippen LogP contribution in [-0.4, -0.2) is 18.3 Å². The summed E-state index contributed by atoms with van der Waals surface area (Å²) in [5, 5.41) is 12.7. The summed E-state index contributed by atoms with van der Waals surface area (Å²) in [6, 6.07) is 11.6. The number of aliphatic hydroxyl groups is 1. The lowest BCUT2D eigenvalue weighted by atomic mass is 9.91. The zero-order valence-corrected chi connectivity index (χ0v) is 12.3. The Morgan fingerprint density at radius 1 is 1.15 bits per heavy atom. The Kier molecular flexibility index (Phi) is 4.63. The summed E-state index contributed by atoms with van der Waals surface area (Å²) in [5.74, 6) is 1.14. The maximum Gasteiger partial charge on any atom is 0.125 e. The Morgan fingerprint density at radius 2 is 1.85 bits per heavy atom. The van der Waals surface area contributed by atoms with E-state index >= 15 is 0 Å². The maximum atomic E-state index is 10.6. The third kappa shape index (κ3) is 2.94. The lowest BCUT2D eigenvalue weighted by Gasteiger charge is -2.24. The summed E-state index contributed by atoms with van der Waals surface area (Å²) < 4.78 is 5.41. The molecule has 0 saturated carbocycles. The van der Waals surface area contributed by atoms with Crippen LogP contribution in [0.5, 0.6) is 5.75 Å². The van der Waals surface area contributed by atoms with Crippen LogP contribution in [0.2, 0.25) is 0 Å². The molecule has 0 spiro atoms. The molecule has 2 unspecified atom stereocenters. The van der Waals surface area contributed by atoms with Crippen molar-refractivity contribution in [1.82, 2.24) is 0 Å². The number of ether oxygens (including phenoxy) is 1. The van der Waals surface area contributed by atoms with E-state index in [0.29, 0.717) is 11.7 Å². The number of nitrogens with two attached hydrogens (primary N) is 1. The molecule has 0 amide bonds. The average Bonchev–Trinajstić information content (AvgIpc) is 2.44. The SMILES string of the molecule is COc1ccc2ccccc2c1C(O)C(N)CC(C)C. The van der Waals surface area contributed by atoms with Gasteiger partial charge in [0.2, 0.25) is 0 Å². The van der Waals surface area contributed by atoms with Crippen LogP contribution in [0.4, 0.5) is 0 Å². The molecule has 2 aromatic rings. The molecule has 2 atom stereocenters. The summed E-state index contributed by atoms with van der Waals surface area (Å²) in [4.78, 5) is 0. The topological polar surface area (TPSA) is 55.5 Å². The van der Waals surface area contributed by atoms with Gasteiger partial charge >= 0.3 is 0 Å². The summed E-state index contributed by atoms with van der Waals surface area (Å²) in [6.45, 7) is 4.21. The highest BCUT2D eigenvalue weighted by Gasteiger charge is 2.23. The summed E-state index contributed by atoms with van der Waals surface area (Å²) in [5.41, 5.74) is 6.95. The first-order valence-electron chi connectivity index (χ1n) is 7.04. The van der Waals surface area contributed by atoms with Gasteiger partial charge in [0.05, 0.1) is 13.2 Å². The third-order valence-electron chi connectivity index (χ3n) is 3.60. The van der Waals surface area contributed by atoms with Gasteiger partial charge < -0.3 is 15.6 Å². The van der Waals surface area contributed by atoms with Gasteiger partial charge in [0.1, 0.15) is 5.75 Å². The minimum absolute atomic E-state index is 0.297. The molecule has 2 aromatic carbocycles. The van der Waals surface area contributed by atoms with Crippen LogP contribution < -0.4 is 10.5 Å². The first-order valence-corrected chi connectivity index (χ1v) is 7.04. The molecule has 0 radical (unpaired) electrons. The van der Waals surface area contributed by atoms with Gasteiger partial charge in [0.15, 0.2) is 0 Å². The zero-order chi connectivity index (χ0) is 14.7. The van der Waals surface area contributed by atoms with E-state index in [4.69, 9.17) is 10.5 Å². The van der Waals surface area contributed by atoms with Gasteiger partial charge in [-0.2, -0.15) is 0 Å². The van der Waals surface area contributed by atoms with E-state index < -0.39 is 6.10 Å². The Hall–Kier alpha value is -1.58. The van der Waals surface area contributed by atoms with Crippen molar-refractivity contribution in [3.05, 3.63) is 42.0 Å². The highest BCUT2D eigenvalue weighted by molar-refractivity contribution is 5.88. The van der Waals surface area contributed by atoms with Gasteiger partial charge in [-0.25, -0.2) is 0 Å². The number of rotatable bonds is 5. The molecular weight excluding hydrogens is 250 g/mol. The minimum Gasteiger partial charge on any atom is -0.496 e. The van der Waals surface area contributed by atoms with Gasteiger partial charge in [-0.1, -0.05) is 44.2 Å². The molecule has 3 nitrogen and oxygen atoms in total. The number of methoxy groups -OCH3 is 1. The molecule has 0 aliphatic carbocycles. The minimum atomic E-state index is -0.724. The average molecular weight is 273 g/mol. The number of benzene rings is 2. The van der Waals surface area contributed by atoms with Crippen molar-refractivity contribution < 1.29 is 9.84 Å². The predicted molar refractivity (Wildman–Crippen MR) is 82.9 cm³/mol. The molecular formula is C17H23NO2. The van der Waals surface area contributed by atoms with Crippen LogP contribution in [0.15, 0.2) is 36.4 Å². The van der Waals surface area contributed by atoms with Crippen molar-refractivity contribution in [2.24, 2.45) is 11.7 Å². The highest BCUT2D eigenvalue weighted by Crippen LogP contribution is 2.35. The van der Waals surface area contributed by atoms with Crippen LogP contribution in [-0.2, 0) is 0 Å². The lowest BCUT2D eigenvalue weighted by Crippen LogP contribution is -2.30. The van der Waals surface area contributed by atoms with E-state index in [1.54, 1.807) is 7.11 Å². The normalized spacial score (nSPS) is 14.5. The number of aliphatic hydroxyl groups excluding tert-OH is 1. The zero-order valence-electron chi connectivity index (χ0n) is 12.3. The van der Waals surface area contributed by atoms with Crippen LogP contribution in [0, 0.1) is 5.92 Å². The van der Waals surface area contributed by atoms with Crippen molar-refractivity contribution in [2.75, 3.05) is 7.11 Å². The van der Waals surface area contributed by atoms with Gasteiger partial charge in [-0.05, 0) is 29.2 Å². The van der Waals surface area contributed by atoms with Crippen LogP contribution in [0.3, 0.4) is 0 Å². The summed E-state index contributed by atoms with van der Waals surface area (Å²) in [7, 11) is 1.62. The Morgan fingerprint density at radius 3 is 2.50 bits per heavy atom. The molecule has 0 aromatic heterocycles. The van der Waals surface area contributed by atoms with Crippen LogP contribution >= 0.6 is 0 Å². The number of hydrogen-bond acceptors (Lipinski definition) is 3. The molecule has 0 fully saturated rings. The molecule has 0 aliphatic heterocycles. The monoisotopic (exact) mass is 273 g/mol. The standard InChI is InChI=1S/C17H23NO2/c1-11(2)10-14(18)17(19)16-13-7-5-4-6-12(13)8-9-15(16)20-3/h4-9,11,14,17,19H,10,18H2,1-3H3. The fraction of sp³-hybridized carbons (Fsp3) is 0.412. The first kappa shape index (κ1) is 14.8. The van der Waals surface area contributed by atoms with Crippen molar-refractivity contribution >= 4 is 10.8 Å². The van der Waals surface area contributed by atoms with Gasteiger partial charge in [-0.15, -0.1) is 0 Å². The van der Waals surface area contributed by atoms with E-state index in [9.17, 15) is 5.11 Å². The third-order valence-corrected chi connectivity index (χ3v) is 3.60. The number of fused-ring (bicyclic) bond motifs is 1. The van der Waals surface area contributed by atoms with Gasteiger partial charge in [-0.3, -0.25) is 0 Å². The van der Waals surface area contributed by atoms with Gasteiger partial charge in [0.25, 0.3) is 0 Å². The van der Waals surface area contributed by atoms with Crippen molar-refractivity contribution in [1.29, 1.82) is 0 Å². The van der Waals surface area contributed by atoms with Crippen molar-refractivity contribution in [2.45, 2.75) is 32.4 Å². The Balaban J connectivity index is 2.50. The van der Waals surface area contributed by atoms with Crippen LogP contribution in [0.25, 0.3) is 10.8 Å². The molecule has 108 valence electrons. The molecule has 0 aliphatic rings. The summed E-state index contributed by atoms with van der Waals surface area (Å²) in [6.07, 6.45) is 0.0477. The van der Waals surface area contributed by atoms with Crippen molar-refractivity contribution in [3.8, 4) is 5.75 Å². The Bertz CT molecular complexity index is 580. The molecule has 20 heavy (non-hydrogen) atoms. The molecule has 0 saturated heterocycles. The largest absolute Gasteiger partial charge is 0.496 e. The molecule has 3 N–H and O–H groups in total. The first-order chi connectivity index (χ1) is 9.54. The second-order valence-electron chi connectivity index (χ2n) is 5.64. The smallest absolute Gasteiger partial charge is 0.125 e. The fourth-order valence-corrected chi connectivity index (χ4v) is 2.65. The highest BCUT2D eigenvalue weighted by atomic mass is 16.5. The van der Waals surface area contributed by atoms with Gasteiger partial charge in [0, 0.05) is 11.6 Å². The Labute approximate surface area is 120 Å². The van der Waals surface area contributed by atoms with E-state index in [0.717, 1.165) is 22.8 Å². The predicted octanol–water partition coefficient (Wildman–Crippen LogP) is 3.26. The maximum absolute atomic E-state index is 10.6. The second-order valence-corrected chi connectivity index (χ2v) is 5.64. The van der Waals surface area contributed by atoms with Crippen LogP contribution in [0.1, 0.15) is 31.9 Å². The van der Waals surface area contributed by atoms with Crippen molar-refractivity contribution in [3.63, 3.8) is 0 Å². The molecule has 3 heteroatoms. The summed E-state index contributed by atoms with van der Waals surface area (Å²) >= 11 is 0. The second kappa shape index (κ2) is 6.25. The quantitative estimate of drug-likeness (QED) is 0.879.